The van der Waals surface area contributed by atoms with Gasteiger partial charge in [0.05, 0.1) is 5.56 Å². The molecule has 0 saturated carbocycles. The van der Waals surface area contributed by atoms with Gasteiger partial charge in [0, 0.05) is 19.3 Å². The van der Waals surface area contributed by atoms with Gasteiger partial charge in [0.25, 0.3) is 0 Å². The van der Waals surface area contributed by atoms with E-state index in [1.807, 2.05) is 7.05 Å². The Hall–Kier alpha value is -1.62. The van der Waals surface area contributed by atoms with Gasteiger partial charge < -0.3 is 15.3 Å². The summed E-state index contributed by atoms with van der Waals surface area (Å²) in [7, 11) is 1.97. The van der Waals surface area contributed by atoms with Crippen LogP contribution in [-0.4, -0.2) is 42.7 Å². The average Bonchev–Trinajstić information content (AvgIpc) is 2.39. The molecule has 1 unspecified atom stereocenters. The van der Waals surface area contributed by atoms with E-state index in [9.17, 15) is 4.79 Å². The highest BCUT2D eigenvalue weighted by atomic mass is 16.4. The lowest BCUT2D eigenvalue weighted by atomic mass is 9.98. The zero-order chi connectivity index (χ0) is 13.0. The summed E-state index contributed by atoms with van der Waals surface area (Å²) in [5.41, 5.74) is 0.238. The second-order valence-corrected chi connectivity index (χ2v) is 4.72. The Kier molecular flexibility index (Phi) is 4.15. The van der Waals surface area contributed by atoms with Crippen molar-refractivity contribution in [3.63, 3.8) is 0 Å². The molecule has 18 heavy (non-hydrogen) atoms. The molecule has 1 aromatic rings. The molecule has 1 atom stereocenters. The van der Waals surface area contributed by atoms with Crippen LogP contribution in [0.3, 0.4) is 0 Å². The molecular weight excluding hydrogens is 230 g/mol. The van der Waals surface area contributed by atoms with Crippen molar-refractivity contribution in [2.45, 2.75) is 12.8 Å². The van der Waals surface area contributed by atoms with Crippen molar-refractivity contribution >= 4 is 11.8 Å². The van der Waals surface area contributed by atoms with E-state index in [0.717, 1.165) is 31.9 Å². The highest BCUT2D eigenvalue weighted by Gasteiger charge is 2.20. The molecule has 5 heteroatoms. The average molecular weight is 249 g/mol. The molecule has 98 valence electrons. The Morgan fingerprint density at radius 3 is 3.06 bits per heavy atom. The molecule has 1 saturated heterocycles. The van der Waals surface area contributed by atoms with E-state index < -0.39 is 5.97 Å². The first-order valence-electron chi connectivity index (χ1n) is 6.29. The van der Waals surface area contributed by atoms with Crippen LogP contribution in [0, 0.1) is 5.92 Å². The number of nitrogens with zero attached hydrogens (tertiary/aromatic N) is 2. The first-order valence-corrected chi connectivity index (χ1v) is 6.29. The molecular formula is C13H19N3O2. The number of carboxylic acid groups (broad SMARTS) is 1. The summed E-state index contributed by atoms with van der Waals surface area (Å²) in [5.74, 6) is 0.589. The van der Waals surface area contributed by atoms with Crippen LogP contribution < -0.4 is 10.2 Å². The Bertz CT molecular complexity index is 403. The van der Waals surface area contributed by atoms with Crippen LogP contribution in [0.2, 0.25) is 0 Å². The molecule has 1 aliphatic rings. The lowest BCUT2D eigenvalue weighted by molar-refractivity contribution is 0.0696. The standard InChI is InChI=1S/C13H19N3O2/c1-14-7-10-3-2-6-16(9-10)12-5-4-11(8-15-12)13(17)18/h4-5,8,10,14H,2-3,6-7,9H2,1H3,(H,17,18). The quantitative estimate of drug-likeness (QED) is 0.840. The van der Waals surface area contributed by atoms with Gasteiger partial charge in [0.2, 0.25) is 0 Å². The van der Waals surface area contributed by atoms with E-state index >= 15 is 0 Å². The third kappa shape index (κ3) is 2.98. The molecule has 1 aromatic heterocycles. The molecule has 0 amide bonds. The van der Waals surface area contributed by atoms with E-state index in [1.165, 1.54) is 12.6 Å². The van der Waals surface area contributed by atoms with E-state index in [4.69, 9.17) is 5.11 Å². The number of aromatic carboxylic acids is 1. The molecule has 0 spiro atoms. The van der Waals surface area contributed by atoms with E-state index in [0.29, 0.717) is 5.92 Å². The summed E-state index contributed by atoms with van der Waals surface area (Å²) in [6.45, 7) is 3.00. The minimum absolute atomic E-state index is 0.238. The maximum atomic E-state index is 10.8. The monoisotopic (exact) mass is 249 g/mol. The van der Waals surface area contributed by atoms with Crippen molar-refractivity contribution < 1.29 is 9.90 Å². The van der Waals surface area contributed by atoms with Gasteiger partial charge in [-0.2, -0.15) is 0 Å². The van der Waals surface area contributed by atoms with Gasteiger partial charge >= 0.3 is 5.97 Å². The second kappa shape index (κ2) is 5.82. The topological polar surface area (TPSA) is 65.5 Å². The molecule has 2 rings (SSSR count). The van der Waals surface area contributed by atoms with Crippen molar-refractivity contribution in [1.82, 2.24) is 10.3 Å². The van der Waals surface area contributed by atoms with Gasteiger partial charge in [-0.25, -0.2) is 9.78 Å². The maximum absolute atomic E-state index is 10.8. The highest BCUT2D eigenvalue weighted by Crippen LogP contribution is 2.21. The largest absolute Gasteiger partial charge is 0.478 e. The van der Waals surface area contributed by atoms with Gasteiger partial charge in [-0.3, -0.25) is 0 Å². The minimum atomic E-state index is -0.930. The fourth-order valence-electron chi connectivity index (χ4n) is 2.43. The smallest absolute Gasteiger partial charge is 0.337 e. The molecule has 0 aromatic carbocycles. The Morgan fingerprint density at radius 2 is 2.44 bits per heavy atom. The molecule has 0 aliphatic carbocycles. The van der Waals surface area contributed by atoms with Gasteiger partial charge in [-0.05, 0) is 44.5 Å². The number of rotatable bonds is 4. The molecule has 0 radical (unpaired) electrons. The summed E-state index contributed by atoms with van der Waals surface area (Å²) < 4.78 is 0. The fourth-order valence-corrected chi connectivity index (χ4v) is 2.43. The van der Waals surface area contributed by atoms with Crippen LogP contribution in [0.4, 0.5) is 5.82 Å². The SMILES string of the molecule is CNCC1CCCN(c2ccc(C(=O)O)cn2)C1. The van der Waals surface area contributed by atoms with Crippen LogP contribution in [0.25, 0.3) is 0 Å². The highest BCUT2D eigenvalue weighted by molar-refractivity contribution is 5.87. The number of carboxylic acids is 1. The lowest BCUT2D eigenvalue weighted by Crippen LogP contribution is -2.39. The van der Waals surface area contributed by atoms with Gasteiger partial charge in [-0.15, -0.1) is 0 Å². The first-order chi connectivity index (χ1) is 8.70. The second-order valence-electron chi connectivity index (χ2n) is 4.72. The number of hydrogen-bond donors (Lipinski definition) is 2. The van der Waals surface area contributed by atoms with Crippen LogP contribution >= 0.6 is 0 Å². The van der Waals surface area contributed by atoms with Crippen molar-refractivity contribution in [2.24, 2.45) is 5.92 Å². The molecule has 0 bridgehead atoms. The van der Waals surface area contributed by atoms with Crippen molar-refractivity contribution in [2.75, 3.05) is 31.6 Å². The number of pyridine rings is 1. The van der Waals surface area contributed by atoms with E-state index in [2.05, 4.69) is 15.2 Å². The summed E-state index contributed by atoms with van der Waals surface area (Å²) in [4.78, 5) is 17.2. The zero-order valence-corrected chi connectivity index (χ0v) is 10.6. The van der Waals surface area contributed by atoms with Crippen LogP contribution in [0.1, 0.15) is 23.2 Å². The number of piperidine rings is 1. The molecule has 1 fully saturated rings. The number of aromatic nitrogens is 1. The summed E-state index contributed by atoms with van der Waals surface area (Å²) in [6, 6.07) is 3.41. The predicted octanol–water partition coefficient (Wildman–Crippen LogP) is 1.22. The van der Waals surface area contributed by atoms with E-state index in [-0.39, 0.29) is 5.56 Å². The van der Waals surface area contributed by atoms with E-state index in [1.54, 1.807) is 12.1 Å². The molecule has 2 heterocycles. The number of carbonyl (C=O) groups is 1. The van der Waals surface area contributed by atoms with Gasteiger partial charge in [-0.1, -0.05) is 0 Å². The summed E-state index contributed by atoms with van der Waals surface area (Å²) in [6.07, 6.45) is 3.83. The zero-order valence-electron chi connectivity index (χ0n) is 10.6. The van der Waals surface area contributed by atoms with Crippen LogP contribution in [0.15, 0.2) is 18.3 Å². The number of nitrogens with one attached hydrogen (secondary N) is 1. The minimum Gasteiger partial charge on any atom is -0.478 e. The molecule has 1 aliphatic heterocycles. The van der Waals surface area contributed by atoms with Crippen molar-refractivity contribution in [3.05, 3.63) is 23.9 Å². The molecule has 5 nitrogen and oxygen atoms in total. The first kappa shape index (κ1) is 12.8. The fraction of sp³-hybridized carbons (Fsp3) is 0.538. The Labute approximate surface area is 107 Å². The Morgan fingerprint density at radius 1 is 1.61 bits per heavy atom. The normalized spacial score (nSPS) is 19.8. The van der Waals surface area contributed by atoms with Crippen molar-refractivity contribution in [3.8, 4) is 0 Å². The van der Waals surface area contributed by atoms with Crippen molar-refractivity contribution in [1.29, 1.82) is 0 Å². The third-order valence-corrected chi connectivity index (χ3v) is 3.33. The lowest BCUT2D eigenvalue weighted by Gasteiger charge is -2.33. The number of anilines is 1. The maximum Gasteiger partial charge on any atom is 0.337 e. The third-order valence-electron chi connectivity index (χ3n) is 3.33. The van der Waals surface area contributed by atoms with Gasteiger partial charge in [0.1, 0.15) is 5.82 Å². The van der Waals surface area contributed by atoms with Crippen LogP contribution in [-0.2, 0) is 0 Å². The Balaban J connectivity index is 2.04. The summed E-state index contributed by atoms with van der Waals surface area (Å²) in [5, 5.41) is 12.0. The van der Waals surface area contributed by atoms with Crippen LogP contribution in [0.5, 0.6) is 0 Å². The predicted molar refractivity (Wildman–Crippen MR) is 70.1 cm³/mol. The van der Waals surface area contributed by atoms with Gasteiger partial charge in [0.15, 0.2) is 0 Å². The summed E-state index contributed by atoms with van der Waals surface area (Å²) >= 11 is 0. The number of hydrogen-bond acceptors (Lipinski definition) is 4. The molecule has 2 N–H and O–H groups in total.